The predicted molar refractivity (Wildman–Crippen MR) is 108 cm³/mol. The van der Waals surface area contributed by atoms with E-state index in [2.05, 4.69) is 34.6 Å². The zero-order valence-electron chi connectivity index (χ0n) is 17.8. The smallest absolute Gasteiger partial charge is 0.0264 e. The third kappa shape index (κ3) is 2.75. The average molecular weight is 345 g/mol. The number of hydrogen-bond acceptors (Lipinski definition) is 0. The Morgan fingerprint density at radius 1 is 0.880 bits per heavy atom. The number of fused-ring (bicyclic) bond motifs is 5. The van der Waals surface area contributed by atoms with Crippen molar-refractivity contribution in [3.63, 3.8) is 0 Å². The fourth-order valence-corrected chi connectivity index (χ4v) is 9.10. The maximum absolute atomic E-state index is 2.73. The van der Waals surface area contributed by atoms with Crippen molar-refractivity contribution in [1.82, 2.24) is 0 Å². The Morgan fingerprint density at radius 2 is 1.60 bits per heavy atom. The average Bonchev–Trinajstić information content (AvgIpc) is 2.93. The molecule has 0 spiro atoms. The van der Waals surface area contributed by atoms with Gasteiger partial charge in [-0.1, -0.05) is 53.9 Å². The van der Waals surface area contributed by atoms with E-state index in [1.807, 2.05) is 0 Å². The molecule has 0 saturated heterocycles. The highest BCUT2D eigenvalue weighted by Gasteiger charge is 2.60. The van der Waals surface area contributed by atoms with E-state index < -0.39 is 0 Å². The second-order valence-corrected chi connectivity index (χ2v) is 11.5. The molecule has 0 radical (unpaired) electrons. The van der Waals surface area contributed by atoms with Crippen LogP contribution in [0.1, 0.15) is 105 Å². The van der Waals surface area contributed by atoms with E-state index in [-0.39, 0.29) is 0 Å². The third-order valence-corrected chi connectivity index (χ3v) is 10.4. The van der Waals surface area contributed by atoms with E-state index in [4.69, 9.17) is 0 Å². The van der Waals surface area contributed by atoms with Crippen molar-refractivity contribution < 1.29 is 0 Å². The molecule has 25 heavy (non-hydrogen) atoms. The molecule has 4 rings (SSSR count). The molecule has 0 aromatic rings. The first-order valence-electron chi connectivity index (χ1n) is 11.9. The van der Waals surface area contributed by atoms with Crippen LogP contribution in [-0.4, -0.2) is 0 Å². The zero-order chi connectivity index (χ0) is 17.8. The number of hydrogen-bond donors (Lipinski definition) is 0. The first kappa shape index (κ1) is 18.4. The van der Waals surface area contributed by atoms with Crippen LogP contribution in [0.15, 0.2) is 0 Å². The highest BCUT2D eigenvalue weighted by atomic mass is 14.6. The van der Waals surface area contributed by atoms with Crippen molar-refractivity contribution in [2.75, 3.05) is 0 Å². The van der Waals surface area contributed by atoms with E-state index in [1.165, 1.54) is 25.7 Å². The summed E-state index contributed by atoms with van der Waals surface area (Å²) in [5.74, 6) is 7.23. The van der Waals surface area contributed by atoms with Crippen LogP contribution in [0.5, 0.6) is 0 Å². The second kappa shape index (κ2) is 6.56. The summed E-state index contributed by atoms with van der Waals surface area (Å²) < 4.78 is 0. The van der Waals surface area contributed by atoms with Gasteiger partial charge in [-0.15, -0.1) is 0 Å². The van der Waals surface area contributed by atoms with Gasteiger partial charge in [0, 0.05) is 0 Å². The largest absolute Gasteiger partial charge is 0.0654 e. The lowest BCUT2D eigenvalue weighted by Gasteiger charge is -2.61. The second-order valence-electron chi connectivity index (χ2n) is 11.5. The van der Waals surface area contributed by atoms with Gasteiger partial charge in [0.1, 0.15) is 0 Å². The summed E-state index contributed by atoms with van der Waals surface area (Å²) in [4.78, 5) is 0. The summed E-state index contributed by atoms with van der Waals surface area (Å²) in [5, 5.41) is 0. The molecule has 2 unspecified atom stereocenters. The molecule has 4 aliphatic rings. The van der Waals surface area contributed by atoms with Gasteiger partial charge in [-0.3, -0.25) is 0 Å². The van der Waals surface area contributed by atoms with Crippen molar-refractivity contribution >= 4 is 0 Å². The lowest BCUT2D eigenvalue weighted by atomic mass is 9.44. The Morgan fingerprint density at radius 3 is 2.36 bits per heavy atom. The van der Waals surface area contributed by atoms with Gasteiger partial charge in [0.25, 0.3) is 0 Å². The van der Waals surface area contributed by atoms with Gasteiger partial charge < -0.3 is 0 Å². The molecule has 0 aromatic carbocycles. The van der Waals surface area contributed by atoms with Gasteiger partial charge in [0.2, 0.25) is 0 Å². The van der Waals surface area contributed by atoms with Crippen LogP contribution >= 0.6 is 0 Å². The summed E-state index contributed by atoms with van der Waals surface area (Å²) in [7, 11) is 0. The minimum atomic E-state index is 0.681. The molecular formula is C25H44. The molecule has 144 valence electrons. The lowest BCUT2D eigenvalue weighted by Crippen LogP contribution is -2.53. The Bertz CT molecular complexity index is 480. The molecular weight excluding hydrogens is 300 g/mol. The van der Waals surface area contributed by atoms with Crippen molar-refractivity contribution in [3.8, 4) is 0 Å². The first-order valence-corrected chi connectivity index (χ1v) is 11.9. The SMILES string of the molecule is CCC[C@@H](C)[C@H]1CC[C@H]2[C@@H]3CCC4CC(C)CC[C@]4(C)[C@H]3CC[C@]12C. The van der Waals surface area contributed by atoms with Gasteiger partial charge in [0.05, 0.1) is 0 Å². The molecule has 0 aliphatic heterocycles. The van der Waals surface area contributed by atoms with E-state index in [9.17, 15) is 0 Å². The Balaban J connectivity index is 1.56. The Labute approximate surface area is 157 Å². The summed E-state index contributed by atoms with van der Waals surface area (Å²) >= 11 is 0. The standard InChI is InChI=1S/C25H44/c1-6-7-18(3)21-10-11-22-20-9-8-19-16-17(2)12-14-24(19,4)23(20)13-15-25(21,22)5/h17-23H,6-16H2,1-5H3/t17?,18-,19?,20+,21-,22+,23+,24+,25-/m1/s1. The van der Waals surface area contributed by atoms with E-state index in [1.54, 1.807) is 44.9 Å². The van der Waals surface area contributed by atoms with E-state index in [0.29, 0.717) is 10.8 Å². The maximum atomic E-state index is 2.73. The zero-order valence-corrected chi connectivity index (χ0v) is 17.8. The van der Waals surface area contributed by atoms with Gasteiger partial charge in [-0.25, -0.2) is 0 Å². The molecule has 0 nitrogen and oxygen atoms in total. The van der Waals surface area contributed by atoms with Crippen molar-refractivity contribution in [2.24, 2.45) is 52.3 Å². The predicted octanol–water partition coefficient (Wildman–Crippen LogP) is 7.72. The van der Waals surface area contributed by atoms with Crippen LogP contribution in [0.2, 0.25) is 0 Å². The van der Waals surface area contributed by atoms with Crippen LogP contribution < -0.4 is 0 Å². The molecule has 0 amide bonds. The molecule has 0 N–H and O–H groups in total. The third-order valence-electron chi connectivity index (χ3n) is 10.4. The molecule has 0 heteroatoms. The summed E-state index contributed by atoms with van der Waals surface area (Å²) in [6.07, 6.45) is 16.8. The van der Waals surface area contributed by atoms with Gasteiger partial charge >= 0.3 is 0 Å². The minimum Gasteiger partial charge on any atom is -0.0654 e. The van der Waals surface area contributed by atoms with Gasteiger partial charge in [-0.05, 0) is 104 Å². The van der Waals surface area contributed by atoms with Crippen molar-refractivity contribution in [1.29, 1.82) is 0 Å². The molecule has 4 saturated carbocycles. The van der Waals surface area contributed by atoms with E-state index in [0.717, 1.165) is 41.4 Å². The van der Waals surface area contributed by atoms with Crippen LogP contribution in [0.25, 0.3) is 0 Å². The first-order chi connectivity index (χ1) is 11.9. The van der Waals surface area contributed by atoms with E-state index >= 15 is 0 Å². The summed E-state index contributed by atoms with van der Waals surface area (Å²) in [6, 6.07) is 0. The quantitative estimate of drug-likeness (QED) is 0.491. The highest BCUT2D eigenvalue weighted by Crippen LogP contribution is 2.68. The van der Waals surface area contributed by atoms with Crippen LogP contribution in [0, 0.1) is 52.3 Å². The monoisotopic (exact) mass is 344 g/mol. The lowest BCUT2D eigenvalue weighted by molar-refractivity contribution is -0.120. The molecule has 4 fully saturated rings. The van der Waals surface area contributed by atoms with Crippen LogP contribution in [0.3, 0.4) is 0 Å². The van der Waals surface area contributed by atoms with Crippen LogP contribution in [-0.2, 0) is 0 Å². The van der Waals surface area contributed by atoms with Crippen molar-refractivity contribution in [2.45, 2.75) is 105 Å². The summed E-state index contributed by atoms with van der Waals surface area (Å²) in [5.41, 5.74) is 1.38. The highest BCUT2D eigenvalue weighted by molar-refractivity contribution is 5.09. The minimum absolute atomic E-state index is 0.681. The fraction of sp³-hybridized carbons (Fsp3) is 1.00. The van der Waals surface area contributed by atoms with Gasteiger partial charge in [0.15, 0.2) is 0 Å². The number of rotatable bonds is 3. The van der Waals surface area contributed by atoms with Crippen molar-refractivity contribution in [3.05, 3.63) is 0 Å². The fourth-order valence-electron chi connectivity index (χ4n) is 9.10. The molecule has 9 atom stereocenters. The Hall–Kier alpha value is 0. The normalized spacial score (nSPS) is 53.6. The topological polar surface area (TPSA) is 0 Å². The Kier molecular flexibility index (Phi) is 4.82. The molecule has 0 aromatic heterocycles. The van der Waals surface area contributed by atoms with Gasteiger partial charge in [-0.2, -0.15) is 0 Å². The summed E-state index contributed by atoms with van der Waals surface area (Å²) in [6.45, 7) is 12.9. The maximum Gasteiger partial charge on any atom is -0.0264 e. The molecule has 0 heterocycles. The van der Waals surface area contributed by atoms with Crippen LogP contribution in [0.4, 0.5) is 0 Å². The molecule has 0 bridgehead atoms. The molecule has 4 aliphatic carbocycles.